The number of likely N-dealkylation sites (tertiary alicyclic amines) is 1. The number of fused-ring (bicyclic) bond motifs is 1. The Labute approximate surface area is 171 Å². The van der Waals surface area contributed by atoms with Crippen molar-refractivity contribution in [1.29, 1.82) is 0 Å². The molecule has 1 aliphatic carbocycles. The average molecular weight is 398 g/mol. The number of amides is 2. The fraction of sp³-hybridized carbons (Fsp3) is 0.636. The summed E-state index contributed by atoms with van der Waals surface area (Å²) in [5.41, 5.74) is 1.47. The van der Waals surface area contributed by atoms with Gasteiger partial charge in [-0.15, -0.1) is 0 Å². The van der Waals surface area contributed by atoms with Gasteiger partial charge in [-0.1, -0.05) is 20.3 Å². The topological polar surface area (TPSA) is 80.1 Å². The predicted molar refractivity (Wildman–Crippen MR) is 111 cm³/mol. The van der Waals surface area contributed by atoms with Gasteiger partial charge in [0.15, 0.2) is 5.65 Å². The number of rotatable bonds is 6. The van der Waals surface area contributed by atoms with E-state index in [1.54, 1.807) is 17.1 Å². The number of hydrogen-bond donors (Lipinski definition) is 1. The second kappa shape index (κ2) is 7.76. The van der Waals surface area contributed by atoms with E-state index in [4.69, 9.17) is 0 Å². The van der Waals surface area contributed by atoms with Crippen LogP contribution in [-0.4, -0.2) is 50.6 Å². The van der Waals surface area contributed by atoms with Crippen LogP contribution in [0.25, 0.3) is 11.0 Å². The van der Waals surface area contributed by atoms with E-state index >= 15 is 0 Å². The zero-order valence-electron chi connectivity index (χ0n) is 17.6. The normalized spacial score (nSPS) is 20.1. The summed E-state index contributed by atoms with van der Waals surface area (Å²) >= 11 is 0. The fourth-order valence-electron chi connectivity index (χ4n) is 4.55. The van der Waals surface area contributed by atoms with Crippen molar-refractivity contribution in [2.75, 3.05) is 13.1 Å². The molecule has 4 rings (SSSR count). The first-order valence-electron chi connectivity index (χ1n) is 10.7. The van der Waals surface area contributed by atoms with Gasteiger partial charge in [0.25, 0.3) is 0 Å². The zero-order chi connectivity index (χ0) is 20.6. The summed E-state index contributed by atoms with van der Waals surface area (Å²) < 4.78 is 1.67. The van der Waals surface area contributed by atoms with Crippen molar-refractivity contribution in [2.45, 2.75) is 65.5 Å². The zero-order valence-corrected chi connectivity index (χ0v) is 17.6. The lowest BCUT2D eigenvalue weighted by molar-refractivity contribution is -0.136. The van der Waals surface area contributed by atoms with Crippen LogP contribution in [0.3, 0.4) is 0 Å². The van der Waals surface area contributed by atoms with Crippen LogP contribution in [0.1, 0.15) is 51.5 Å². The molecule has 2 aromatic heterocycles. The van der Waals surface area contributed by atoms with Crippen LogP contribution < -0.4 is 5.32 Å². The summed E-state index contributed by atoms with van der Waals surface area (Å²) in [5.74, 6) is 0.625. The lowest BCUT2D eigenvalue weighted by Crippen LogP contribution is -2.49. The number of nitrogens with one attached hydrogen (secondary N) is 1. The summed E-state index contributed by atoms with van der Waals surface area (Å²) in [7, 11) is 0. The maximum atomic E-state index is 13.0. The van der Waals surface area contributed by atoms with Crippen LogP contribution in [0.5, 0.6) is 0 Å². The standard InChI is InChI=1S/C22H31N5O2/c1-15-10-16-12-25-27(20(16)23-11-15)14-19(28)26-9-5-8-18(26)13-24-21(29)22(2,3)17-6-4-7-17/h10-12,17-18H,4-9,13-14H2,1-3H3,(H,24,29)/t18-/m1/s1. The van der Waals surface area contributed by atoms with Crippen molar-refractivity contribution in [2.24, 2.45) is 11.3 Å². The predicted octanol–water partition coefficient (Wildman–Crippen LogP) is 2.67. The molecule has 2 aliphatic rings. The second-order valence-electron chi connectivity index (χ2n) is 9.17. The summed E-state index contributed by atoms with van der Waals surface area (Å²) in [5, 5.41) is 8.42. The first kappa shape index (κ1) is 19.9. The van der Waals surface area contributed by atoms with Crippen molar-refractivity contribution in [3.05, 3.63) is 24.0 Å². The van der Waals surface area contributed by atoms with Gasteiger partial charge in [-0.05, 0) is 50.2 Å². The number of nitrogens with zero attached hydrogens (tertiary/aromatic N) is 4. The van der Waals surface area contributed by atoms with Crippen LogP contribution >= 0.6 is 0 Å². The number of aryl methyl sites for hydroxylation is 1. The molecule has 0 bridgehead atoms. The number of carbonyl (C=O) groups excluding carboxylic acids is 2. The van der Waals surface area contributed by atoms with E-state index in [1.165, 1.54) is 6.42 Å². The van der Waals surface area contributed by atoms with Crippen molar-refractivity contribution in [1.82, 2.24) is 25.0 Å². The Morgan fingerprint density at radius 1 is 1.21 bits per heavy atom. The Hall–Kier alpha value is -2.44. The first-order valence-corrected chi connectivity index (χ1v) is 10.7. The highest BCUT2D eigenvalue weighted by atomic mass is 16.2. The van der Waals surface area contributed by atoms with E-state index in [9.17, 15) is 9.59 Å². The Kier molecular flexibility index (Phi) is 5.32. The molecule has 2 aromatic rings. The molecule has 3 heterocycles. The van der Waals surface area contributed by atoms with E-state index in [-0.39, 0.29) is 29.8 Å². The average Bonchev–Trinajstić information content (AvgIpc) is 3.24. The molecule has 1 saturated heterocycles. The van der Waals surface area contributed by atoms with Gasteiger partial charge in [-0.3, -0.25) is 9.59 Å². The molecule has 0 aromatic carbocycles. The Morgan fingerprint density at radius 3 is 2.72 bits per heavy atom. The Balaban J connectivity index is 1.37. The van der Waals surface area contributed by atoms with Crippen LogP contribution in [0, 0.1) is 18.3 Å². The lowest BCUT2D eigenvalue weighted by Gasteiger charge is -2.39. The van der Waals surface area contributed by atoms with Crippen molar-refractivity contribution in [3.8, 4) is 0 Å². The van der Waals surface area contributed by atoms with E-state index in [1.807, 2.05) is 31.7 Å². The Morgan fingerprint density at radius 2 is 2.00 bits per heavy atom. The smallest absolute Gasteiger partial charge is 0.244 e. The summed E-state index contributed by atoms with van der Waals surface area (Å²) in [6.07, 6.45) is 8.95. The maximum absolute atomic E-state index is 13.0. The summed E-state index contributed by atoms with van der Waals surface area (Å²) in [4.78, 5) is 32.0. The number of hydrogen-bond acceptors (Lipinski definition) is 4. The molecule has 0 unspecified atom stereocenters. The third kappa shape index (κ3) is 3.87. The summed E-state index contributed by atoms with van der Waals surface area (Å²) in [6.45, 7) is 7.51. The molecule has 2 fully saturated rings. The third-order valence-corrected chi connectivity index (χ3v) is 6.80. The highest BCUT2D eigenvalue weighted by Gasteiger charge is 2.40. The van der Waals surface area contributed by atoms with Crippen molar-refractivity contribution >= 4 is 22.8 Å². The van der Waals surface area contributed by atoms with Crippen LogP contribution in [0.2, 0.25) is 0 Å². The molecule has 156 valence electrons. The minimum Gasteiger partial charge on any atom is -0.354 e. The van der Waals surface area contributed by atoms with Gasteiger partial charge < -0.3 is 10.2 Å². The molecular weight excluding hydrogens is 366 g/mol. The highest BCUT2D eigenvalue weighted by molar-refractivity contribution is 5.83. The second-order valence-corrected chi connectivity index (χ2v) is 9.17. The van der Waals surface area contributed by atoms with Crippen LogP contribution in [-0.2, 0) is 16.1 Å². The van der Waals surface area contributed by atoms with Gasteiger partial charge in [0.1, 0.15) is 6.54 Å². The molecule has 1 atom stereocenters. The largest absolute Gasteiger partial charge is 0.354 e. The van der Waals surface area contributed by atoms with E-state index in [2.05, 4.69) is 15.4 Å². The molecule has 2 amide bonds. The van der Waals surface area contributed by atoms with E-state index in [0.717, 1.165) is 48.8 Å². The molecule has 7 nitrogen and oxygen atoms in total. The minimum atomic E-state index is -0.330. The monoisotopic (exact) mass is 397 g/mol. The van der Waals surface area contributed by atoms with Gasteiger partial charge in [0.2, 0.25) is 11.8 Å². The third-order valence-electron chi connectivity index (χ3n) is 6.80. The molecular formula is C22H31N5O2. The molecule has 1 N–H and O–H groups in total. The van der Waals surface area contributed by atoms with Crippen molar-refractivity contribution in [3.63, 3.8) is 0 Å². The molecule has 7 heteroatoms. The van der Waals surface area contributed by atoms with Gasteiger partial charge in [0.05, 0.1) is 6.20 Å². The van der Waals surface area contributed by atoms with Gasteiger partial charge >= 0.3 is 0 Å². The van der Waals surface area contributed by atoms with Crippen molar-refractivity contribution < 1.29 is 9.59 Å². The lowest BCUT2D eigenvalue weighted by atomic mass is 9.67. The first-order chi connectivity index (χ1) is 13.9. The van der Waals surface area contributed by atoms with E-state index in [0.29, 0.717) is 12.5 Å². The minimum absolute atomic E-state index is 0.0346. The number of pyridine rings is 1. The molecule has 29 heavy (non-hydrogen) atoms. The van der Waals surface area contributed by atoms with E-state index < -0.39 is 0 Å². The maximum Gasteiger partial charge on any atom is 0.244 e. The number of aromatic nitrogens is 3. The quantitative estimate of drug-likeness (QED) is 0.813. The van der Waals surface area contributed by atoms with Crippen LogP contribution in [0.4, 0.5) is 0 Å². The van der Waals surface area contributed by atoms with Gasteiger partial charge in [-0.25, -0.2) is 9.67 Å². The molecule has 0 spiro atoms. The van der Waals surface area contributed by atoms with Gasteiger partial charge in [-0.2, -0.15) is 5.10 Å². The van der Waals surface area contributed by atoms with Gasteiger partial charge in [0, 0.05) is 36.1 Å². The molecule has 1 aliphatic heterocycles. The molecule has 1 saturated carbocycles. The highest BCUT2D eigenvalue weighted by Crippen LogP contribution is 2.41. The SMILES string of the molecule is Cc1cnc2c(cnn2CC(=O)N2CCC[C@@H]2CNC(=O)C(C)(C)C2CCC2)c1. The fourth-order valence-corrected chi connectivity index (χ4v) is 4.55. The number of carbonyl (C=O) groups is 2. The summed E-state index contributed by atoms with van der Waals surface area (Å²) in [6, 6.07) is 2.08. The molecule has 0 radical (unpaired) electrons. The Bertz CT molecular complexity index is 915. The van der Waals surface area contributed by atoms with Crippen LogP contribution in [0.15, 0.2) is 18.5 Å².